The number of nitrogens with one attached hydrogen (secondary N) is 2. The largest absolute Gasteiger partial charge is 0.331 e. The molecule has 6 heteroatoms. The van der Waals surface area contributed by atoms with Crippen molar-refractivity contribution in [3.8, 4) is 0 Å². The van der Waals surface area contributed by atoms with E-state index < -0.39 is 0 Å². The van der Waals surface area contributed by atoms with Crippen molar-refractivity contribution in [3.63, 3.8) is 0 Å². The highest BCUT2D eigenvalue weighted by Gasteiger charge is 2.13. The monoisotopic (exact) mass is 372 g/mol. The summed E-state index contributed by atoms with van der Waals surface area (Å²) in [6.45, 7) is 1.95. The lowest BCUT2D eigenvalue weighted by Gasteiger charge is -2.16. The number of carbonyl (C=O) groups excluding carboxylic acids is 1. The molecule has 0 aliphatic heterocycles. The molecule has 1 unspecified atom stereocenters. The quantitative estimate of drug-likeness (QED) is 0.722. The van der Waals surface area contributed by atoms with Gasteiger partial charge in [0, 0.05) is 16.9 Å². The second-order valence-electron chi connectivity index (χ2n) is 5.35. The highest BCUT2D eigenvalue weighted by Crippen LogP contribution is 2.24. The number of urea groups is 1. The minimum Gasteiger partial charge on any atom is -0.331 e. The first-order valence-corrected chi connectivity index (χ1v) is 8.08. The van der Waals surface area contributed by atoms with Crippen LogP contribution in [0.2, 0.25) is 0 Å². The molecule has 0 fully saturated rings. The number of aromatic nitrogens is 2. The van der Waals surface area contributed by atoms with Gasteiger partial charge in [0.25, 0.3) is 0 Å². The summed E-state index contributed by atoms with van der Waals surface area (Å²) in [7, 11) is 1.88. The van der Waals surface area contributed by atoms with Crippen molar-refractivity contribution in [2.24, 2.45) is 7.05 Å². The van der Waals surface area contributed by atoms with Crippen LogP contribution < -0.4 is 10.6 Å². The van der Waals surface area contributed by atoms with Crippen molar-refractivity contribution in [2.75, 3.05) is 5.32 Å². The van der Waals surface area contributed by atoms with Gasteiger partial charge in [-0.2, -0.15) is 5.10 Å². The second-order valence-corrected chi connectivity index (χ2v) is 6.20. The van der Waals surface area contributed by atoms with Crippen LogP contribution >= 0.6 is 15.9 Å². The van der Waals surface area contributed by atoms with Crippen molar-refractivity contribution in [3.05, 3.63) is 58.7 Å². The van der Waals surface area contributed by atoms with Crippen LogP contribution in [0.25, 0.3) is 10.9 Å². The Labute approximate surface area is 142 Å². The average molecular weight is 373 g/mol. The average Bonchev–Trinajstić information content (AvgIpc) is 2.90. The van der Waals surface area contributed by atoms with Crippen molar-refractivity contribution in [1.29, 1.82) is 0 Å². The minimum absolute atomic E-state index is 0.112. The number of anilines is 1. The van der Waals surface area contributed by atoms with Crippen molar-refractivity contribution in [1.82, 2.24) is 15.1 Å². The van der Waals surface area contributed by atoms with Gasteiger partial charge >= 0.3 is 6.03 Å². The first-order chi connectivity index (χ1) is 11.1. The van der Waals surface area contributed by atoms with Gasteiger partial charge in [0.1, 0.15) is 0 Å². The molecule has 1 atom stereocenters. The van der Waals surface area contributed by atoms with Crippen LogP contribution in [0.1, 0.15) is 18.5 Å². The number of benzene rings is 2. The molecule has 0 spiro atoms. The zero-order valence-electron chi connectivity index (χ0n) is 12.9. The maximum absolute atomic E-state index is 12.3. The SMILES string of the molecule is CC(NC(=O)Nc1cccc2c1cnn2C)c1ccccc1Br. The molecule has 1 aromatic heterocycles. The van der Waals surface area contributed by atoms with Crippen molar-refractivity contribution < 1.29 is 4.79 Å². The molecule has 1 heterocycles. The van der Waals surface area contributed by atoms with Crippen LogP contribution in [0.5, 0.6) is 0 Å². The van der Waals surface area contributed by atoms with Gasteiger partial charge in [0.15, 0.2) is 0 Å². The number of fused-ring (bicyclic) bond motifs is 1. The third kappa shape index (κ3) is 3.22. The topological polar surface area (TPSA) is 59.0 Å². The fourth-order valence-corrected chi connectivity index (χ4v) is 3.17. The minimum atomic E-state index is -0.246. The van der Waals surface area contributed by atoms with Gasteiger partial charge in [0.05, 0.1) is 23.4 Å². The Bertz CT molecular complexity index is 859. The Kier molecular flexibility index (Phi) is 4.34. The molecule has 2 amide bonds. The summed E-state index contributed by atoms with van der Waals surface area (Å²) in [5.74, 6) is 0. The number of rotatable bonds is 3. The molecule has 0 aliphatic carbocycles. The van der Waals surface area contributed by atoms with Crippen LogP contribution in [-0.2, 0) is 7.05 Å². The number of hydrogen-bond acceptors (Lipinski definition) is 2. The molecular weight excluding hydrogens is 356 g/mol. The first kappa shape index (κ1) is 15.6. The zero-order valence-corrected chi connectivity index (χ0v) is 14.5. The Morgan fingerprint density at radius 2 is 2.00 bits per heavy atom. The first-order valence-electron chi connectivity index (χ1n) is 7.29. The van der Waals surface area contributed by atoms with E-state index in [0.717, 1.165) is 26.6 Å². The van der Waals surface area contributed by atoms with Gasteiger partial charge in [-0.05, 0) is 30.7 Å². The van der Waals surface area contributed by atoms with Crippen LogP contribution in [0.3, 0.4) is 0 Å². The van der Waals surface area contributed by atoms with Crippen molar-refractivity contribution >= 4 is 38.6 Å². The normalized spacial score (nSPS) is 12.1. The standard InChI is InChI=1S/C17H17BrN4O/c1-11(12-6-3-4-7-14(12)18)20-17(23)21-15-8-5-9-16-13(15)10-19-22(16)2/h3-11H,1-2H3,(H2,20,21,23). The molecule has 0 bridgehead atoms. The van der Waals surface area contributed by atoms with Gasteiger partial charge in [-0.1, -0.05) is 40.2 Å². The molecule has 2 N–H and O–H groups in total. The summed E-state index contributed by atoms with van der Waals surface area (Å²) in [6.07, 6.45) is 1.75. The fourth-order valence-electron chi connectivity index (χ4n) is 2.55. The fraction of sp³-hybridized carbons (Fsp3) is 0.176. The van der Waals surface area contributed by atoms with E-state index in [-0.39, 0.29) is 12.1 Å². The van der Waals surface area contributed by atoms with Crippen LogP contribution in [0, 0.1) is 0 Å². The number of hydrogen-bond donors (Lipinski definition) is 2. The molecular formula is C17H17BrN4O. The Hall–Kier alpha value is -2.34. The number of aryl methyl sites for hydroxylation is 1. The molecule has 0 saturated heterocycles. The number of amides is 2. The molecule has 2 aromatic carbocycles. The van der Waals surface area contributed by atoms with E-state index in [1.54, 1.807) is 10.9 Å². The Morgan fingerprint density at radius 1 is 1.22 bits per heavy atom. The molecule has 0 aliphatic rings. The zero-order chi connectivity index (χ0) is 16.4. The van der Waals surface area contributed by atoms with E-state index in [1.165, 1.54) is 0 Å². The lowest BCUT2D eigenvalue weighted by atomic mass is 10.1. The van der Waals surface area contributed by atoms with Crippen molar-refractivity contribution in [2.45, 2.75) is 13.0 Å². The summed E-state index contributed by atoms with van der Waals surface area (Å²) in [4.78, 5) is 12.3. The number of carbonyl (C=O) groups is 1. The summed E-state index contributed by atoms with van der Waals surface area (Å²) >= 11 is 3.51. The molecule has 5 nitrogen and oxygen atoms in total. The molecule has 0 saturated carbocycles. The molecule has 118 valence electrons. The van der Waals surface area contributed by atoms with Gasteiger partial charge in [-0.25, -0.2) is 4.79 Å². The summed E-state index contributed by atoms with van der Waals surface area (Å²) < 4.78 is 2.75. The molecule has 3 aromatic rings. The van der Waals surface area contributed by atoms with Crippen LogP contribution in [-0.4, -0.2) is 15.8 Å². The second kappa shape index (κ2) is 6.42. The summed E-state index contributed by atoms with van der Waals surface area (Å²) in [6, 6.07) is 13.2. The molecule has 0 radical (unpaired) electrons. The van der Waals surface area contributed by atoms with Gasteiger partial charge < -0.3 is 10.6 Å². The van der Waals surface area contributed by atoms with E-state index in [0.29, 0.717) is 0 Å². The number of halogens is 1. The van der Waals surface area contributed by atoms with Gasteiger partial charge in [-0.15, -0.1) is 0 Å². The molecule has 23 heavy (non-hydrogen) atoms. The van der Waals surface area contributed by atoms with E-state index >= 15 is 0 Å². The van der Waals surface area contributed by atoms with E-state index in [1.807, 2.05) is 56.4 Å². The maximum Gasteiger partial charge on any atom is 0.319 e. The lowest BCUT2D eigenvalue weighted by Crippen LogP contribution is -2.31. The Morgan fingerprint density at radius 3 is 2.78 bits per heavy atom. The van der Waals surface area contributed by atoms with Gasteiger partial charge in [-0.3, -0.25) is 4.68 Å². The molecule has 3 rings (SSSR count). The van der Waals surface area contributed by atoms with E-state index in [9.17, 15) is 4.79 Å². The third-order valence-corrected chi connectivity index (χ3v) is 4.48. The highest BCUT2D eigenvalue weighted by atomic mass is 79.9. The summed E-state index contributed by atoms with van der Waals surface area (Å²) in [5.41, 5.74) is 2.75. The summed E-state index contributed by atoms with van der Waals surface area (Å²) in [5, 5.41) is 11.0. The third-order valence-electron chi connectivity index (χ3n) is 3.76. The smallest absolute Gasteiger partial charge is 0.319 e. The van der Waals surface area contributed by atoms with Crippen LogP contribution in [0.4, 0.5) is 10.5 Å². The van der Waals surface area contributed by atoms with Crippen LogP contribution in [0.15, 0.2) is 53.1 Å². The Balaban J connectivity index is 1.75. The highest BCUT2D eigenvalue weighted by molar-refractivity contribution is 9.10. The number of nitrogens with zero attached hydrogens (tertiary/aromatic N) is 2. The predicted molar refractivity (Wildman–Crippen MR) is 95.4 cm³/mol. The van der Waals surface area contributed by atoms with E-state index in [2.05, 4.69) is 31.7 Å². The van der Waals surface area contributed by atoms with E-state index in [4.69, 9.17) is 0 Å². The maximum atomic E-state index is 12.3. The predicted octanol–water partition coefficient (Wildman–Crippen LogP) is 4.22. The van der Waals surface area contributed by atoms with Gasteiger partial charge in [0.2, 0.25) is 0 Å². The lowest BCUT2D eigenvalue weighted by molar-refractivity contribution is 0.249.